The minimum absolute atomic E-state index is 0.00396. The zero-order chi connectivity index (χ0) is 13.1. The number of H-pyrrole nitrogens is 1. The van der Waals surface area contributed by atoms with E-state index in [9.17, 15) is 9.59 Å². The second-order valence-electron chi connectivity index (χ2n) is 4.05. The van der Waals surface area contributed by atoms with Crippen molar-refractivity contribution in [1.82, 2.24) is 9.97 Å². The first kappa shape index (κ1) is 12.0. The van der Waals surface area contributed by atoms with Gasteiger partial charge in [0.05, 0.1) is 6.33 Å². The second kappa shape index (κ2) is 4.83. The summed E-state index contributed by atoms with van der Waals surface area (Å²) in [4.78, 5) is 29.4. The van der Waals surface area contributed by atoms with Crippen molar-refractivity contribution in [1.29, 1.82) is 0 Å². The molecule has 0 radical (unpaired) electrons. The van der Waals surface area contributed by atoms with Crippen LogP contribution in [0.2, 0.25) is 0 Å². The molecule has 2 aromatic rings. The number of nitrogens with one attached hydrogen (secondary N) is 2. The third-order valence-corrected chi connectivity index (χ3v) is 2.73. The monoisotopic (exact) mass is 243 g/mol. The summed E-state index contributed by atoms with van der Waals surface area (Å²) in [5, 5.41) is 2.67. The number of carbonyl (C=O) groups excluding carboxylic acids is 1. The summed E-state index contributed by atoms with van der Waals surface area (Å²) in [6.45, 7) is 3.95. The second-order valence-corrected chi connectivity index (χ2v) is 4.05. The summed E-state index contributed by atoms with van der Waals surface area (Å²) < 4.78 is 0. The van der Waals surface area contributed by atoms with E-state index in [2.05, 4.69) is 15.3 Å². The molecule has 0 atom stereocenters. The number of carbonyl (C=O) groups is 1. The molecule has 1 amide bonds. The van der Waals surface area contributed by atoms with E-state index in [-0.39, 0.29) is 5.56 Å². The molecule has 0 saturated heterocycles. The number of aromatic amines is 1. The molecule has 5 nitrogen and oxygen atoms in total. The van der Waals surface area contributed by atoms with Crippen molar-refractivity contribution in [2.75, 3.05) is 5.32 Å². The fraction of sp³-hybridized carbons (Fsp3) is 0.154. The van der Waals surface area contributed by atoms with Crippen LogP contribution in [0.25, 0.3) is 0 Å². The minimum atomic E-state index is -0.465. The van der Waals surface area contributed by atoms with Gasteiger partial charge in [-0.3, -0.25) is 9.59 Å². The van der Waals surface area contributed by atoms with Crippen molar-refractivity contribution in [3.63, 3.8) is 0 Å². The van der Waals surface area contributed by atoms with Crippen molar-refractivity contribution in [3.05, 3.63) is 57.8 Å². The molecule has 18 heavy (non-hydrogen) atoms. The minimum Gasteiger partial charge on any atom is -0.322 e. The number of aromatic nitrogens is 2. The summed E-state index contributed by atoms with van der Waals surface area (Å²) in [6.07, 6.45) is 2.49. The highest BCUT2D eigenvalue weighted by molar-refractivity contribution is 6.03. The molecule has 0 spiro atoms. The summed E-state index contributed by atoms with van der Waals surface area (Å²) in [5.41, 5.74) is 2.42. The average Bonchev–Trinajstić information content (AvgIpc) is 2.34. The van der Waals surface area contributed by atoms with Gasteiger partial charge in [0.25, 0.3) is 11.5 Å². The quantitative estimate of drug-likeness (QED) is 0.842. The Morgan fingerprint density at radius 3 is 2.72 bits per heavy atom. The zero-order valence-corrected chi connectivity index (χ0v) is 10.2. The number of hydrogen-bond acceptors (Lipinski definition) is 3. The van der Waals surface area contributed by atoms with Crippen molar-refractivity contribution in [2.45, 2.75) is 13.8 Å². The molecular weight excluding hydrogens is 230 g/mol. The lowest BCUT2D eigenvalue weighted by molar-refractivity contribution is 0.102. The average molecular weight is 243 g/mol. The number of hydrogen-bond donors (Lipinski definition) is 2. The molecule has 92 valence electrons. The molecule has 1 aromatic carbocycles. The Bertz CT molecular complexity index is 647. The predicted octanol–water partition coefficient (Wildman–Crippen LogP) is 1.64. The van der Waals surface area contributed by atoms with Crippen LogP contribution in [0, 0.1) is 13.8 Å². The first-order chi connectivity index (χ1) is 8.58. The molecule has 2 rings (SSSR count). The first-order valence-corrected chi connectivity index (χ1v) is 5.49. The van der Waals surface area contributed by atoms with Crippen LogP contribution in [0.5, 0.6) is 0 Å². The molecule has 0 aliphatic rings. The molecule has 0 aliphatic heterocycles. The number of anilines is 1. The van der Waals surface area contributed by atoms with Gasteiger partial charge in [-0.05, 0) is 37.1 Å². The molecule has 2 N–H and O–H groups in total. The van der Waals surface area contributed by atoms with E-state index in [0.717, 1.165) is 11.1 Å². The Hall–Kier alpha value is -2.43. The van der Waals surface area contributed by atoms with E-state index < -0.39 is 11.5 Å². The molecular formula is C13H13N3O2. The summed E-state index contributed by atoms with van der Waals surface area (Å²) in [7, 11) is 0. The van der Waals surface area contributed by atoms with Gasteiger partial charge in [-0.1, -0.05) is 6.07 Å². The largest absolute Gasteiger partial charge is 0.322 e. The van der Waals surface area contributed by atoms with Crippen molar-refractivity contribution < 1.29 is 4.79 Å². The SMILES string of the molecule is Cc1ccc(NC(=O)c2cnc[nH]c2=O)cc1C. The van der Waals surface area contributed by atoms with Crippen LogP contribution in [-0.4, -0.2) is 15.9 Å². The van der Waals surface area contributed by atoms with E-state index >= 15 is 0 Å². The van der Waals surface area contributed by atoms with Crippen LogP contribution >= 0.6 is 0 Å². The van der Waals surface area contributed by atoms with Crippen LogP contribution < -0.4 is 10.9 Å². The standard InChI is InChI=1S/C13H13N3O2/c1-8-3-4-10(5-9(8)2)16-13(18)11-6-14-7-15-12(11)17/h3-7H,1-2H3,(H,16,18)(H,14,15,17). The van der Waals surface area contributed by atoms with E-state index in [1.54, 1.807) is 6.07 Å². The van der Waals surface area contributed by atoms with Crippen LogP contribution in [0.4, 0.5) is 5.69 Å². The molecule has 0 aliphatic carbocycles. The highest BCUT2D eigenvalue weighted by atomic mass is 16.2. The van der Waals surface area contributed by atoms with Crippen molar-refractivity contribution >= 4 is 11.6 Å². The van der Waals surface area contributed by atoms with E-state index in [1.807, 2.05) is 26.0 Å². The molecule has 1 heterocycles. The van der Waals surface area contributed by atoms with Gasteiger partial charge in [0, 0.05) is 11.9 Å². The highest BCUT2D eigenvalue weighted by Crippen LogP contribution is 2.14. The molecule has 0 bridgehead atoms. The number of nitrogens with zero attached hydrogens (tertiary/aromatic N) is 1. The van der Waals surface area contributed by atoms with Gasteiger partial charge < -0.3 is 10.3 Å². The highest BCUT2D eigenvalue weighted by Gasteiger charge is 2.10. The Kier molecular flexibility index (Phi) is 3.23. The van der Waals surface area contributed by atoms with Crippen LogP contribution in [0.3, 0.4) is 0 Å². The lowest BCUT2D eigenvalue weighted by Gasteiger charge is -2.06. The van der Waals surface area contributed by atoms with Crippen molar-refractivity contribution in [3.8, 4) is 0 Å². The lowest BCUT2D eigenvalue weighted by Crippen LogP contribution is -2.23. The van der Waals surface area contributed by atoms with Crippen LogP contribution in [-0.2, 0) is 0 Å². The van der Waals surface area contributed by atoms with Gasteiger partial charge in [-0.25, -0.2) is 4.98 Å². The van der Waals surface area contributed by atoms with Gasteiger partial charge in [0.15, 0.2) is 0 Å². The fourth-order valence-corrected chi connectivity index (χ4v) is 1.52. The molecule has 0 fully saturated rings. The maximum absolute atomic E-state index is 11.9. The lowest BCUT2D eigenvalue weighted by atomic mass is 10.1. The molecule has 1 aromatic heterocycles. The number of benzene rings is 1. The first-order valence-electron chi connectivity index (χ1n) is 5.49. The maximum Gasteiger partial charge on any atom is 0.263 e. The third-order valence-electron chi connectivity index (χ3n) is 2.73. The smallest absolute Gasteiger partial charge is 0.263 e. The molecule has 5 heteroatoms. The normalized spacial score (nSPS) is 10.1. The van der Waals surface area contributed by atoms with Gasteiger partial charge >= 0.3 is 0 Å². The fourth-order valence-electron chi connectivity index (χ4n) is 1.52. The Labute approximate surface area is 104 Å². The Morgan fingerprint density at radius 1 is 1.28 bits per heavy atom. The zero-order valence-electron chi connectivity index (χ0n) is 10.2. The van der Waals surface area contributed by atoms with Gasteiger partial charge in [0.1, 0.15) is 5.56 Å². The van der Waals surface area contributed by atoms with Gasteiger partial charge in [-0.15, -0.1) is 0 Å². The van der Waals surface area contributed by atoms with Gasteiger partial charge in [-0.2, -0.15) is 0 Å². The number of rotatable bonds is 2. The number of amides is 1. The van der Waals surface area contributed by atoms with Crippen LogP contribution in [0.1, 0.15) is 21.5 Å². The molecule has 0 unspecified atom stereocenters. The topological polar surface area (TPSA) is 74.8 Å². The summed E-state index contributed by atoms with van der Waals surface area (Å²) in [5.74, 6) is -0.465. The predicted molar refractivity (Wildman–Crippen MR) is 68.7 cm³/mol. The molecule has 0 saturated carbocycles. The Morgan fingerprint density at radius 2 is 2.06 bits per heavy atom. The summed E-state index contributed by atoms with van der Waals surface area (Å²) in [6, 6.07) is 5.57. The third kappa shape index (κ3) is 2.45. The van der Waals surface area contributed by atoms with Gasteiger partial charge in [0.2, 0.25) is 0 Å². The van der Waals surface area contributed by atoms with Crippen LogP contribution in [0.15, 0.2) is 35.5 Å². The Balaban J connectivity index is 2.24. The maximum atomic E-state index is 11.9. The summed E-state index contributed by atoms with van der Waals surface area (Å²) >= 11 is 0. The van der Waals surface area contributed by atoms with E-state index in [0.29, 0.717) is 5.69 Å². The van der Waals surface area contributed by atoms with Crippen molar-refractivity contribution in [2.24, 2.45) is 0 Å². The van der Waals surface area contributed by atoms with E-state index in [4.69, 9.17) is 0 Å². The number of aryl methyl sites for hydroxylation is 2. The van der Waals surface area contributed by atoms with E-state index in [1.165, 1.54) is 12.5 Å².